The molecule has 1 N–H and O–H groups in total. The molecule has 6 heteroatoms. The zero-order valence-electron chi connectivity index (χ0n) is 19.5. The minimum absolute atomic E-state index is 0.0980. The van der Waals surface area contributed by atoms with Gasteiger partial charge in [0.15, 0.2) is 11.5 Å². The third-order valence-electron chi connectivity index (χ3n) is 6.53. The monoisotopic (exact) mass is 445 g/mol. The van der Waals surface area contributed by atoms with Gasteiger partial charge in [0.25, 0.3) is 0 Å². The van der Waals surface area contributed by atoms with Crippen molar-refractivity contribution < 1.29 is 14.3 Å². The van der Waals surface area contributed by atoms with Crippen molar-refractivity contribution in [2.75, 3.05) is 34.4 Å². The first-order valence-corrected chi connectivity index (χ1v) is 11.2. The lowest BCUT2D eigenvalue weighted by Crippen LogP contribution is -2.43. The summed E-state index contributed by atoms with van der Waals surface area (Å²) in [6.45, 7) is 2.25. The molecule has 1 aliphatic heterocycles. The predicted molar refractivity (Wildman–Crippen MR) is 129 cm³/mol. The number of hydrogen-bond donors (Lipinski definition) is 1. The number of hydrogen-bond acceptors (Lipinski definition) is 5. The minimum atomic E-state index is -0.459. The number of aromatic nitrogens is 1. The van der Waals surface area contributed by atoms with Crippen LogP contribution in [0.15, 0.2) is 67.0 Å². The average Bonchev–Trinajstić information content (AvgIpc) is 3.27. The molecule has 3 aromatic rings. The van der Waals surface area contributed by atoms with Crippen LogP contribution in [-0.4, -0.2) is 50.1 Å². The summed E-state index contributed by atoms with van der Waals surface area (Å²) in [6.07, 6.45) is 5.11. The van der Waals surface area contributed by atoms with Crippen molar-refractivity contribution in [3.63, 3.8) is 0 Å². The fourth-order valence-electron chi connectivity index (χ4n) is 4.84. The molecule has 0 aliphatic carbocycles. The van der Waals surface area contributed by atoms with Crippen LogP contribution in [0.2, 0.25) is 0 Å². The van der Waals surface area contributed by atoms with Crippen molar-refractivity contribution in [2.45, 2.75) is 19.4 Å². The molecule has 1 amide bonds. The van der Waals surface area contributed by atoms with E-state index in [4.69, 9.17) is 9.47 Å². The molecular formula is C27H31N3O3. The van der Waals surface area contributed by atoms with Gasteiger partial charge in [-0.1, -0.05) is 36.4 Å². The van der Waals surface area contributed by atoms with Crippen LogP contribution in [0.1, 0.15) is 17.5 Å². The third kappa shape index (κ3) is 4.86. The summed E-state index contributed by atoms with van der Waals surface area (Å²) < 4.78 is 11.1. The Morgan fingerprint density at radius 1 is 1.03 bits per heavy atom. The lowest BCUT2D eigenvalue weighted by atomic mass is 9.79. The number of carbonyl (C=O) groups excluding carboxylic acids is 1. The fraction of sp³-hybridized carbons (Fsp3) is 0.333. The van der Waals surface area contributed by atoms with Gasteiger partial charge in [0, 0.05) is 38.1 Å². The van der Waals surface area contributed by atoms with Crippen molar-refractivity contribution in [1.82, 2.24) is 15.2 Å². The minimum Gasteiger partial charge on any atom is -0.493 e. The molecule has 1 aliphatic rings. The zero-order valence-corrected chi connectivity index (χ0v) is 19.5. The number of rotatable bonds is 8. The van der Waals surface area contributed by atoms with Gasteiger partial charge in [0.05, 0.1) is 19.6 Å². The SMILES string of the molecule is CNC(=O)C1(Cc2ccc(-c3ccncc3)cc2)CCN(Cc2cccc(OC)c2OC)C1. The lowest BCUT2D eigenvalue weighted by molar-refractivity contribution is -0.130. The van der Waals surface area contributed by atoms with Crippen molar-refractivity contribution in [2.24, 2.45) is 5.41 Å². The van der Waals surface area contributed by atoms with Crippen molar-refractivity contribution in [3.8, 4) is 22.6 Å². The second-order valence-corrected chi connectivity index (χ2v) is 8.58. The van der Waals surface area contributed by atoms with E-state index in [2.05, 4.69) is 45.5 Å². The molecular weight excluding hydrogens is 414 g/mol. The van der Waals surface area contributed by atoms with E-state index in [1.54, 1.807) is 33.7 Å². The Morgan fingerprint density at radius 2 is 1.76 bits per heavy atom. The number of methoxy groups -OCH3 is 2. The number of ether oxygens (including phenoxy) is 2. The quantitative estimate of drug-likeness (QED) is 0.569. The maximum atomic E-state index is 13.1. The number of benzene rings is 2. The highest BCUT2D eigenvalue weighted by molar-refractivity contribution is 5.83. The molecule has 0 radical (unpaired) electrons. The first kappa shape index (κ1) is 22.8. The van der Waals surface area contributed by atoms with E-state index in [-0.39, 0.29) is 5.91 Å². The standard InChI is InChI=1S/C27H31N3O3/c1-28-26(31)27(17-20-7-9-21(10-8-20)22-11-14-29-15-12-22)13-16-30(19-27)18-23-5-4-6-24(32-2)25(23)33-3/h4-12,14-15H,13,16-19H2,1-3H3,(H,28,31). The number of para-hydroxylation sites is 1. The highest BCUT2D eigenvalue weighted by Crippen LogP contribution is 2.38. The van der Waals surface area contributed by atoms with Crippen LogP contribution in [0, 0.1) is 5.41 Å². The maximum Gasteiger partial charge on any atom is 0.227 e. The van der Waals surface area contributed by atoms with Gasteiger partial charge >= 0.3 is 0 Å². The van der Waals surface area contributed by atoms with E-state index in [0.717, 1.165) is 46.7 Å². The molecule has 0 bridgehead atoms. The molecule has 0 spiro atoms. The van der Waals surface area contributed by atoms with E-state index < -0.39 is 5.41 Å². The molecule has 0 saturated carbocycles. The Balaban J connectivity index is 1.52. The van der Waals surface area contributed by atoms with Crippen LogP contribution >= 0.6 is 0 Å². The highest BCUT2D eigenvalue weighted by atomic mass is 16.5. The number of carbonyl (C=O) groups is 1. The zero-order chi connectivity index (χ0) is 23.3. The lowest BCUT2D eigenvalue weighted by Gasteiger charge is -2.28. The Hall–Kier alpha value is -3.38. The number of amides is 1. The van der Waals surface area contributed by atoms with Crippen LogP contribution in [0.25, 0.3) is 11.1 Å². The second kappa shape index (κ2) is 10.0. The van der Waals surface area contributed by atoms with Crippen LogP contribution in [-0.2, 0) is 17.8 Å². The topological polar surface area (TPSA) is 63.7 Å². The summed E-state index contributed by atoms with van der Waals surface area (Å²) >= 11 is 0. The highest BCUT2D eigenvalue weighted by Gasteiger charge is 2.44. The number of nitrogens with one attached hydrogen (secondary N) is 1. The second-order valence-electron chi connectivity index (χ2n) is 8.58. The normalized spacial score (nSPS) is 18.2. The van der Waals surface area contributed by atoms with E-state index in [1.807, 2.05) is 24.3 Å². The van der Waals surface area contributed by atoms with Gasteiger partial charge in [-0.15, -0.1) is 0 Å². The predicted octanol–water partition coefficient (Wildman–Crippen LogP) is 3.95. The van der Waals surface area contributed by atoms with Gasteiger partial charge in [0.2, 0.25) is 5.91 Å². The summed E-state index contributed by atoms with van der Waals surface area (Å²) in [7, 11) is 5.04. The van der Waals surface area contributed by atoms with Gasteiger partial charge in [-0.05, 0) is 54.3 Å². The Labute approximate surface area is 195 Å². The molecule has 172 valence electrons. The molecule has 1 aromatic heterocycles. The van der Waals surface area contributed by atoms with Crippen LogP contribution < -0.4 is 14.8 Å². The summed E-state index contributed by atoms with van der Waals surface area (Å²) in [5.74, 6) is 1.58. The van der Waals surface area contributed by atoms with Crippen molar-refractivity contribution >= 4 is 5.91 Å². The van der Waals surface area contributed by atoms with E-state index in [1.165, 1.54) is 0 Å². The van der Waals surface area contributed by atoms with Crippen molar-refractivity contribution in [1.29, 1.82) is 0 Å². The molecule has 2 aromatic carbocycles. The smallest absolute Gasteiger partial charge is 0.227 e. The summed E-state index contributed by atoms with van der Waals surface area (Å²) in [4.78, 5) is 19.5. The molecule has 6 nitrogen and oxygen atoms in total. The molecule has 4 rings (SSSR count). The van der Waals surface area contributed by atoms with E-state index in [9.17, 15) is 4.79 Å². The molecule has 1 atom stereocenters. The third-order valence-corrected chi connectivity index (χ3v) is 6.53. The van der Waals surface area contributed by atoms with Gasteiger partial charge < -0.3 is 14.8 Å². The van der Waals surface area contributed by atoms with Crippen molar-refractivity contribution in [3.05, 3.63) is 78.1 Å². The van der Waals surface area contributed by atoms with Crippen LogP contribution in [0.5, 0.6) is 11.5 Å². The average molecular weight is 446 g/mol. The first-order chi connectivity index (χ1) is 16.1. The number of likely N-dealkylation sites (tertiary alicyclic amines) is 1. The van der Waals surface area contributed by atoms with Crippen LogP contribution in [0.4, 0.5) is 0 Å². The van der Waals surface area contributed by atoms with Gasteiger partial charge in [-0.2, -0.15) is 0 Å². The van der Waals surface area contributed by atoms with Gasteiger partial charge in [0.1, 0.15) is 0 Å². The summed E-state index contributed by atoms with van der Waals surface area (Å²) in [5, 5.41) is 2.91. The maximum absolute atomic E-state index is 13.1. The number of nitrogens with zero attached hydrogens (tertiary/aromatic N) is 2. The largest absolute Gasteiger partial charge is 0.493 e. The molecule has 1 fully saturated rings. The molecule has 2 heterocycles. The van der Waals surface area contributed by atoms with Crippen LogP contribution in [0.3, 0.4) is 0 Å². The first-order valence-electron chi connectivity index (χ1n) is 11.2. The molecule has 1 saturated heterocycles. The summed E-state index contributed by atoms with van der Waals surface area (Å²) in [5.41, 5.74) is 4.05. The number of pyridine rings is 1. The summed E-state index contributed by atoms with van der Waals surface area (Å²) in [6, 6.07) is 18.4. The van der Waals surface area contributed by atoms with Gasteiger partial charge in [-0.3, -0.25) is 14.7 Å². The Kier molecular flexibility index (Phi) is 6.94. The Morgan fingerprint density at radius 3 is 2.42 bits per heavy atom. The molecule has 1 unspecified atom stereocenters. The van der Waals surface area contributed by atoms with E-state index >= 15 is 0 Å². The Bertz CT molecular complexity index is 1090. The fourth-order valence-corrected chi connectivity index (χ4v) is 4.84. The molecule has 33 heavy (non-hydrogen) atoms. The van der Waals surface area contributed by atoms with E-state index in [0.29, 0.717) is 19.5 Å². The van der Waals surface area contributed by atoms with Gasteiger partial charge in [-0.25, -0.2) is 0 Å².